The van der Waals surface area contributed by atoms with Crippen LogP contribution < -0.4 is 5.32 Å². The summed E-state index contributed by atoms with van der Waals surface area (Å²) in [5, 5.41) is 3.31. The molecule has 0 radical (unpaired) electrons. The van der Waals surface area contributed by atoms with Crippen LogP contribution >= 0.6 is 11.6 Å². The molecule has 170 valence electrons. The molecule has 1 N–H and O–H groups in total. The summed E-state index contributed by atoms with van der Waals surface area (Å²) in [6.07, 6.45) is 8.64. The summed E-state index contributed by atoms with van der Waals surface area (Å²) in [6.45, 7) is 5.38. The molecule has 2 amide bonds. The number of hydrogen-bond acceptors (Lipinski definition) is 2. The lowest BCUT2D eigenvalue weighted by Gasteiger charge is -2.57. The molecule has 5 rings (SSSR count). The number of carbonyl (C=O) groups is 2. The molecule has 0 aliphatic heterocycles. The molecule has 4 nitrogen and oxygen atoms in total. The van der Waals surface area contributed by atoms with E-state index in [2.05, 4.69) is 19.2 Å². The van der Waals surface area contributed by atoms with Crippen LogP contribution in [0.1, 0.15) is 64.4 Å². The van der Waals surface area contributed by atoms with Crippen molar-refractivity contribution >= 4 is 23.4 Å². The zero-order valence-electron chi connectivity index (χ0n) is 19.0. The van der Waals surface area contributed by atoms with E-state index in [1.54, 1.807) is 4.90 Å². The van der Waals surface area contributed by atoms with Gasteiger partial charge in [-0.3, -0.25) is 9.59 Å². The minimum absolute atomic E-state index is 0.0150. The number of carbonyl (C=O) groups excluding carboxylic acids is 2. The Balaban J connectivity index is 1.47. The zero-order valence-corrected chi connectivity index (χ0v) is 19.7. The van der Waals surface area contributed by atoms with Gasteiger partial charge in [0.25, 0.3) is 0 Å². The predicted octanol–water partition coefficient (Wildman–Crippen LogP) is 5.00. The van der Waals surface area contributed by atoms with Gasteiger partial charge in [0.2, 0.25) is 11.8 Å². The van der Waals surface area contributed by atoms with E-state index >= 15 is 0 Å². The first-order valence-electron chi connectivity index (χ1n) is 12.0. The van der Waals surface area contributed by atoms with Crippen LogP contribution in [0.2, 0.25) is 0 Å². The van der Waals surface area contributed by atoms with Crippen LogP contribution in [0.15, 0.2) is 30.3 Å². The van der Waals surface area contributed by atoms with E-state index in [1.807, 2.05) is 30.3 Å². The average Bonchev–Trinajstić information content (AvgIpc) is 2.73. The molecule has 4 aliphatic carbocycles. The molecule has 0 spiro atoms. The lowest BCUT2D eigenvalue weighted by atomic mass is 9.49. The zero-order chi connectivity index (χ0) is 22.0. The van der Waals surface area contributed by atoms with Crippen LogP contribution in [-0.2, 0) is 16.1 Å². The third kappa shape index (κ3) is 5.27. The van der Waals surface area contributed by atoms with Gasteiger partial charge in [-0.15, -0.1) is 11.6 Å². The minimum atomic E-state index is -0.486. The van der Waals surface area contributed by atoms with Gasteiger partial charge in [0.05, 0.1) is 0 Å². The van der Waals surface area contributed by atoms with Crippen molar-refractivity contribution in [1.82, 2.24) is 10.2 Å². The first kappa shape index (κ1) is 22.6. The van der Waals surface area contributed by atoms with Gasteiger partial charge in [-0.25, -0.2) is 0 Å². The highest BCUT2D eigenvalue weighted by Crippen LogP contribution is 2.59. The molecule has 4 saturated carbocycles. The lowest BCUT2D eigenvalue weighted by Crippen LogP contribution is -2.55. The second-order valence-electron chi connectivity index (χ2n) is 10.9. The van der Waals surface area contributed by atoms with E-state index in [9.17, 15) is 9.59 Å². The molecule has 1 aromatic rings. The maximum atomic E-state index is 13.5. The van der Waals surface area contributed by atoms with Crippen LogP contribution in [0, 0.1) is 29.1 Å². The number of nitrogens with zero attached hydrogens (tertiary/aromatic N) is 1. The molecule has 4 aliphatic rings. The smallest absolute Gasteiger partial charge is 0.242 e. The Morgan fingerprint density at radius 2 is 1.65 bits per heavy atom. The van der Waals surface area contributed by atoms with E-state index < -0.39 is 6.04 Å². The van der Waals surface area contributed by atoms with Crippen molar-refractivity contribution in [3.05, 3.63) is 35.9 Å². The van der Waals surface area contributed by atoms with Crippen molar-refractivity contribution in [3.63, 3.8) is 0 Å². The van der Waals surface area contributed by atoms with Crippen molar-refractivity contribution in [3.8, 4) is 0 Å². The second-order valence-corrected chi connectivity index (χ2v) is 11.2. The molecule has 0 saturated heterocycles. The Hall–Kier alpha value is -1.55. The van der Waals surface area contributed by atoms with Gasteiger partial charge in [0.15, 0.2) is 0 Å². The van der Waals surface area contributed by atoms with Crippen LogP contribution in [0.3, 0.4) is 0 Å². The van der Waals surface area contributed by atoms with Gasteiger partial charge >= 0.3 is 0 Å². The van der Waals surface area contributed by atoms with Crippen LogP contribution in [0.5, 0.6) is 0 Å². The number of nitrogens with one attached hydrogen (secondary N) is 1. The third-order valence-electron chi connectivity index (χ3n) is 7.81. The quantitative estimate of drug-likeness (QED) is 0.545. The largest absolute Gasteiger partial charge is 0.354 e. The van der Waals surface area contributed by atoms with Gasteiger partial charge < -0.3 is 10.2 Å². The average molecular weight is 445 g/mol. The third-order valence-corrected chi connectivity index (χ3v) is 8.04. The number of hydrogen-bond donors (Lipinski definition) is 1. The van der Waals surface area contributed by atoms with Gasteiger partial charge in [0, 0.05) is 13.1 Å². The van der Waals surface area contributed by atoms with E-state index in [4.69, 9.17) is 11.6 Å². The normalized spacial score (nSPS) is 29.7. The number of benzene rings is 1. The molecule has 31 heavy (non-hydrogen) atoms. The number of rotatable bonds is 9. The van der Waals surface area contributed by atoms with Crippen molar-refractivity contribution in [2.45, 2.75) is 71.4 Å². The minimum Gasteiger partial charge on any atom is -0.354 e. The summed E-state index contributed by atoms with van der Waals surface area (Å²) < 4.78 is 0. The topological polar surface area (TPSA) is 49.4 Å². The van der Waals surface area contributed by atoms with Crippen molar-refractivity contribution < 1.29 is 9.59 Å². The molecule has 1 atom stereocenters. The fourth-order valence-corrected chi connectivity index (χ4v) is 7.10. The fraction of sp³-hybridized carbons (Fsp3) is 0.692. The maximum Gasteiger partial charge on any atom is 0.242 e. The SMILES string of the molecule is CC(C)C[C@@H](C(=O)NCC12CC3CC(CC(C3)C1)C2)N(Cc1ccccc1)C(=O)CCl. The maximum absolute atomic E-state index is 13.5. The number of alkyl halides is 1. The molecule has 0 aromatic heterocycles. The molecule has 0 unspecified atom stereocenters. The Kier molecular flexibility index (Phi) is 6.95. The summed E-state index contributed by atoms with van der Waals surface area (Å²) >= 11 is 5.96. The van der Waals surface area contributed by atoms with E-state index in [-0.39, 0.29) is 23.1 Å². The van der Waals surface area contributed by atoms with Crippen LogP contribution in [-0.4, -0.2) is 35.2 Å². The summed E-state index contributed by atoms with van der Waals surface area (Å²) in [7, 11) is 0. The summed E-state index contributed by atoms with van der Waals surface area (Å²) in [4.78, 5) is 28.0. The van der Waals surface area contributed by atoms with E-state index in [0.29, 0.717) is 18.9 Å². The Morgan fingerprint density at radius 1 is 1.06 bits per heavy atom. The highest BCUT2D eigenvalue weighted by atomic mass is 35.5. The lowest BCUT2D eigenvalue weighted by molar-refractivity contribution is -0.140. The van der Waals surface area contributed by atoms with Gasteiger partial charge in [-0.2, -0.15) is 0 Å². The highest BCUT2D eigenvalue weighted by Gasteiger charge is 2.51. The molecule has 4 fully saturated rings. The summed E-state index contributed by atoms with van der Waals surface area (Å²) in [6, 6.07) is 9.39. The van der Waals surface area contributed by atoms with Crippen molar-refractivity contribution in [1.29, 1.82) is 0 Å². The molecule has 0 heterocycles. The Morgan fingerprint density at radius 3 is 2.16 bits per heavy atom. The van der Waals surface area contributed by atoms with Crippen molar-refractivity contribution in [2.24, 2.45) is 29.1 Å². The standard InChI is InChI=1S/C26H37ClN2O2/c1-18(2)8-23(29(24(30)15-27)16-19-6-4-3-5-7-19)25(31)28-17-26-12-20-9-21(13-26)11-22(10-20)14-26/h3-7,18,20-23H,8-17H2,1-2H3,(H,28,31)/t20?,21?,22?,23-,26?/m0/s1. The molecule has 1 aromatic carbocycles. The highest BCUT2D eigenvalue weighted by molar-refractivity contribution is 6.27. The molecular weight excluding hydrogens is 408 g/mol. The van der Waals surface area contributed by atoms with Gasteiger partial charge in [-0.05, 0) is 79.6 Å². The van der Waals surface area contributed by atoms with Crippen LogP contribution in [0.25, 0.3) is 0 Å². The second kappa shape index (κ2) is 9.52. The van der Waals surface area contributed by atoms with Crippen LogP contribution in [0.4, 0.5) is 0 Å². The Labute approximate surface area is 192 Å². The monoisotopic (exact) mass is 444 g/mol. The van der Waals surface area contributed by atoms with Crippen molar-refractivity contribution in [2.75, 3.05) is 12.4 Å². The first-order chi connectivity index (χ1) is 14.9. The van der Waals surface area contributed by atoms with Gasteiger partial charge in [0.1, 0.15) is 11.9 Å². The summed E-state index contributed by atoms with van der Waals surface area (Å²) in [5.41, 5.74) is 1.30. The number of halogens is 1. The summed E-state index contributed by atoms with van der Waals surface area (Å²) in [5.74, 6) is 2.59. The Bertz CT molecular complexity index is 744. The molecular formula is C26H37ClN2O2. The first-order valence-corrected chi connectivity index (χ1v) is 12.6. The van der Waals surface area contributed by atoms with E-state index in [1.165, 1.54) is 38.5 Å². The van der Waals surface area contributed by atoms with Gasteiger partial charge in [-0.1, -0.05) is 44.2 Å². The fourth-order valence-electron chi connectivity index (χ4n) is 6.95. The molecule has 5 heteroatoms. The predicted molar refractivity (Wildman–Crippen MR) is 125 cm³/mol. The van der Waals surface area contributed by atoms with E-state index in [0.717, 1.165) is 29.9 Å². The number of amides is 2. The molecule has 4 bridgehead atoms.